The van der Waals surface area contributed by atoms with Gasteiger partial charge in [0, 0.05) is 61.4 Å². The van der Waals surface area contributed by atoms with Gasteiger partial charge >= 0.3 is 35.8 Å². The first-order valence-electron chi connectivity index (χ1n) is 47.2. The van der Waals surface area contributed by atoms with Gasteiger partial charge in [-0.1, -0.05) is 88.4 Å². The molecule has 1 aromatic heterocycles. The summed E-state index contributed by atoms with van der Waals surface area (Å²) in [7, 11) is 1.28. The van der Waals surface area contributed by atoms with Gasteiger partial charge in [0.05, 0.1) is 68.7 Å². The number of carbonyl (C=O) groups excluding carboxylic acids is 4. The molecule has 0 aliphatic heterocycles. The molecule has 822 valence electrons. The maximum atomic E-state index is 13.4. The van der Waals surface area contributed by atoms with E-state index in [-0.39, 0.29) is 115 Å². The molecule has 2 saturated carbocycles. The number of halogens is 10. The van der Waals surface area contributed by atoms with Crippen LogP contribution in [-0.2, 0) is 57.4 Å². The summed E-state index contributed by atoms with van der Waals surface area (Å²) in [6.07, 6.45) is -1.81. The maximum Gasteiger partial charge on any atom is 0.346 e. The molecule has 8 unspecified atom stereocenters. The highest BCUT2D eigenvalue weighted by molar-refractivity contribution is 5.79. The fourth-order valence-corrected chi connectivity index (χ4v) is 11.6. The lowest BCUT2D eigenvalue weighted by Gasteiger charge is -2.33. The smallest absolute Gasteiger partial charge is 0.346 e. The molecule has 2 aliphatic rings. The van der Waals surface area contributed by atoms with Crippen LogP contribution in [0.15, 0.2) is 146 Å². The third kappa shape index (κ3) is 51.2. The number of carbonyl (C=O) groups is 9. The first-order chi connectivity index (χ1) is 69.6. The first kappa shape index (κ1) is 131. The number of ether oxygens (including phenoxy) is 11. The van der Waals surface area contributed by atoms with Crippen molar-refractivity contribution in [1.29, 1.82) is 0 Å². The summed E-state index contributed by atoms with van der Waals surface area (Å²) in [4.78, 5) is 95.8. The molecule has 32 nitrogen and oxygen atoms in total. The molecule has 15 atom stereocenters. The number of hydrogen-bond acceptors (Lipinski definition) is 23. The normalized spacial score (nSPS) is 16.4. The summed E-state index contributed by atoms with van der Waals surface area (Å²) in [6, 6.07) is 36.0. The van der Waals surface area contributed by atoms with Crippen LogP contribution in [0.4, 0.5) is 43.9 Å². The fraction of sp³-hybridized carbons (Fsp3) is 0.458. The summed E-state index contributed by atoms with van der Waals surface area (Å²) in [6.45, 7) is 35.1. The first-order valence-corrected chi connectivity index (χ1v) is 47.2. The average Bonchev–Trinajstić information content (AvgIpc) is 1.11. The van der Waals surface area contributed by atoms with E-state index in [1.165, 1.54) is 110 Å². The topological polar surface area (TPSA) is 489 Å². The minimum Gasteiger partial charge on any atom is -0.493 e. The molecule has 8 aromatic carbocycles. The van der Waals surface area contributed by atoms with Crippen LogP contribution in [0, 0.1) is 137 Å². The number of tetrazole rings is 1. The number of nitrogens with zero attached hydrogens (tertiary/aromatic N) is 3. The van der Waals surface area contributed by atoms with Crippen molar-refractivity contribution in [2.45, 2.75) is 244 Å². The number of primary amides is 3. The number of alkyl halides is 2. The van der Waals surface area contributed by atoms with E-state index in [1.54, 1.807) is 167 Å². The van der Waals surface area contributed by atoms with E-state index >= 15 is 0 Å². The number of esters is 1. The van der Waals surface area contributed by atoms with E-state index in [0.717, 1.165) is 25.7 Å². The van der Waals surface area contributed by atoms with Crippen molar-refractivity contribution >= 4 is 53.5 Å². The number of nitrogens with two attached hydrogens (primary N) is 3. The molecule has 0 radical (unpaired) electrons. The summed E-state index contributed by atoms with van der Waals surface area (Å²) in [5.74, 6) is -7.95. The molecule has 42 heteroatoms. The molecule has 3 amide bonds. The molecule has 9 aromatic rings. The van der Waals surface area contributed by atoms with Gasteiger partial charge < -0.3 is 94.8 Å². The predicted octanol–water partition coefficient (Wildman–Crippen LogP) is 19.4. The zero-order chi connectivity index (χ0) is 113. The second-order valence-electron chi connectivity index (χ2n) is 36.0. The quantitative estimate of drug-likeness (QED) is 0.0132. The van der Waals surface area contributed by atoms with Crippen LogP contribution < -0.4 is 55.1 Å². The molecule has 0 spiro atoms. The van der Waals surface area contributed by atoms with Gasteiger partial charge in [-0.05, 0) is 241 Å². The number of amides is 3. The van der Waals surface area contributed by atoms with Crippen molar-refractivity contribution in [3.8, 4) is 46.0 Å². The van der Waals surface area contributed by atoms with Gasteiger partial charge in [0.1, 0.15) is 118 Å². The van der Waals surface area contributed by atoms with Gasteiger partial charge in [0.15, 0.2) is 35.8 Å². The van der Waals surface area contributed by atoms with Crippen molar-refractivity contribution < 1.29 is 165 Å². The highest BCUT2D eigenvalue weighted by atomic mass is 19.2. The van der Waals surface area contributed by atoms with Crippen molar-refractivity contribution in [2.75, 3.05) is 40.1 Å². The third-order valence-electron chi connectivity index (χ3n) is 22.3. The highest BCUT2D eigenvalue weighted by Gasteiger charge is 2.37. The van der Waals surface area contributed by atoms with Gasteiger partial charge in [-0.15, -0.1) is 10.2 Å². The van der Waals surface area contributed by atoms with Crippen LogP contribution in [0.5, 0.6) is 46.0 Å². The summed E-state index contributed by atoms with van der Waals surface area (Å²) in [5, 5.41) is 56.8. The Labute approximate surface area is 860 Å². The number of aryl methyl sites for hydroxylation is 8. The lowest BCUT2D eigenvalue weighted by atomic mass is 9.87. The number of carboxylic acid groups (broad SMARTS) is 5. The minimum atomic E-state index is -1.22. The third-order valence-corrected chi connectivity index (χ3v) is 22.3. The van der Waals surface area contributed by atoms with E-state index < -0.39 is 114 Å². The Balaban J connectivity index is 0.000000560. The molecule has 11 rings (SSSR count). The van der Waals surface area contributed by atoms with Gasteiger partial charge in [0.25, 0.3) is 5.91 Å². The number of rotatable bonds is 35. The van der Waals surface area contributed by atoms with Crippen LogP contribution >= 0.6 is 0 Å². The number of aromatic nitrogens is 4. The van der Waals surface area contributed by atoms with E-state index in [2.05, 4.69) is 25.4 Å². The Hall–Kier alpha value is -14.3. The van der Waals surface area contributed by atoms with Gasteiger partial charge in [-0.3, -0.25) is 24.0 Å². The fourth-order valence-electron chi connectivity index (χ4n) is 11.6. The molecular formula is C107H139F10N7O25. The number of methoxy groups -OCH3 is 1. The summed E-state index contributed by atoms with van der Waals surface area (Å²) < 4.78 is 188. The zero-order valence-electron chi connectivity index (χ0n) is 87.5. The lowest BCUT2D eigenvalue weighted by molar-refractivity contribution is -0.172. The van der Waals surface area contributed by atoms with Crippen LogP contribution in [0.2, 0.25) is 0 Å². The molecule has 149 heavy (non-hydrogen) atoms. The number of aromatic amines is 1. The molecule has 2 fully saturated rings. The molecule has 2 aliphatic carbocycles. The minimum absolute atomic E-state index is 0.00175. The number of nitrogens with one attached hydrogen (secondary N) is 1. The van der Waals surface area contributed by atoms with Crippen LogP contribution in [0.1, 0.15) is 185 Å². The Bertz CT molecular complexity index is 5360. The Morgan fingerprint density at radius 2 is 0.638 bits per heavy atom. The van der Waals surface area contributed by atoms with E-state index in [9.17, 15) is 87.1 Å². The standard InChI is InChI=1S/C11H13FN4O.2C11H14FNO2.C11H19FO3.3C11H13FO3.C10H12FNO2.C10H17FO3.C10H11FO3/c1-7-3-4-9(5-10(7)12)17-6-8(2)11-13-15-16-14-11;2*1-7-3-4-9(5-10(7)12)15-6-8(2)11(13)14;1-7-4-5-8(6-9(7)12)15-11(2,3)10(13)14;1-7-4-5-9(6-10(7)12)15-8(2)11(13)14-3;2*1-7-3-4-9(5-10(7)12)15-6-8(2)11(13)14;3*1-6-3-4-8(5-9(6)11)14-7(2)10(12)13/h3-5,8H,6H2,1-2H3,(H,13,14,15,16);2*3-5,8H,6H2,1-2H3,(H2,13,14);7-9H,4-6H2,1-3H3,(H,13,14);4-6,8H,1-3H3;2*3-5,8H,6H2,1-2H3,(H,13,14);3-5,7H,1-2H3,(H2,12,13);6-9H,3-5H2,1-2H3,(H,12,13);3-5,7H,1-2H3,(H,12,13)/t;2*8-;;3*8-;7-;;7-/m.10.1101.1/s1. The SMILES string of the molecule is CC(OC1CCC(C)C(F)C1)C(=O)O.CC1CCC(OC(C)(C)C(=O)O)CC1F.COC(=O)[C@@H](C)Oc1ccc(C)c(F)c1.Cc1ccc(OCC(C)c2nn[nH]n2)cc1F.Cc1ccc(OC[C@@H](C)C(=O)O)cc1F.Cc1ccc(OC[C@@H](C)C(N)=O)cc1F.Cc1ccc(OC[C@H](C)C(=O)O)cc1F.Cc1ccc(OC[C@H](C)C(N)=O)cc1F.Cc1ccc(O[C@H](C)C(=O)O)cc1F.Cc1ccc(O[C@H](C)C(N)=O)cc1F. The van der Waals surface area contributed by atoms with Crippen molar-refractivity contribution in [1.82, 2.24) is 20.6 Å². The summed E-state index contributed by atoms with van der Waals surface area (Å²) >= 11 is 0. The molecule has 0 bridgehead atoms. The molecule has 1 heterocycles. The second-order valence-corrected chi connectivity index (χ2v) is 36.0. The van der Waals surface area contributed by atoms with Gasteiger partial charge in [-0.25, -0.2) is 63.1 Å². The van der Waals surface area contributed by atoms with Gasteiger partial charge in [0.2, 0.25) is 11.8 Å². The van der Waals surface area contributed by atoms with Crippen molar-refractivity contribution in [3.05, 3.63) is 242 Å². The molecular weight excluding hydrogens is 1970 g/mol. The second kappa shape index (κ2) is 66.1. The number of benzene rings is 8. The molecule has 0 saturated heterocycles. The summed E-state index contributed by atoms with van der Waals surface area (Å²) in [5.41, 5.74) is 18.3. The lowest BCUT2D eigenvalue weighted by Crippen LogP contribution is -2.41. The Morgan fingerprint density at radius 3 is 0.893 bits per heavy atom. The van der Waals surface area contributed by atoms with Gasteiger partial charge in [-0.2, -0.15) is 5.21 Å². The highest BCUT2D eigenvalue weighted by Crippen LogP contribution is 2.33. The van der Waals surface area contributed by atoms with Crippen LogP contribution in [0.3, 0.4) is 0 Å². The van der Waals surface area contributed by atoms with Crippen molar-refractivity contribution in [2.24, 2.45) is 52.7 Å². The monoisotopic (exact) mass is 2110 g/mol. The van der Waals surface area contributed by atoms with Crippen LogP contribution in [-0.4, -0.2) is 194 Å². The average molecular weight is 2110 g/mol. The predicted molar refractivity (Wildman–Crippen MR) is 533 cm³/mol. The maximum absolute atomic E-state index is 13.4. The van der Waals surface area contributed by atoms with E-state index in [0.29, 0.717) is 110 Å². The zero-order valence-corrected chi connectivity index (χ0v) is 87.5. The Morgan fingerprint density at radius 1 is 0.369 bits per heavy atom. The van der Waals surface area contributed by atoms with Crippen molar-refractivity contribution in [3.63, 3.8) is 0 Å². The number of aliphatic carboxylic acids is 5. The van der Waals surface area contributed by atoms with E-state index in [4.69, 9.17) is 90.1 Å². The van der Waals surface area contributed by atoms with Crippen LogP contribution in [0.25, 0.3) is 0 Å². The largest absolute Gasteiger partial charge is 0.493 e. The molecule has 12 N–H and O–H groups in total. The number of H-pyrrole nitrogens is 1. The Kier molecular flexibility index (Phi) is 58.0. The van der Waals surface area contributed by atoms with E-state index in [1.807, 2.05) is 20.8 Å². The number of hydrogen-bond donors (Lipinski definition) is 9. The number of carboxylic acids is 5.